The molecule has 0 radical (unpaired) electrons. The highest BCUT2D eigenvalue weighted by Gasteiger charge is 2.05. The van der Waals surface area contributed by atoms with Gasteiger partial charge in [-0.15, -0.1) is 5.10 Å². The van der Waals surface area contributed by atoms with Crippen molar-refractivity contribution in [3.63, 3.8) is 0 Å². The van der Waals surface area contributed by atoms with Crippen molar-refractivity contribution in [2.75, 3.05) is 13.6 Å². The number of halogens is 1. The maximum Gasteiger partial charge on any atom is 0.0832 e. The average molecular weight is 295 g/mol. The van der Waals surface area contributed by atoms with E-state index in [-0.39, 0.29) is 0 Å². The van der Waals surface area contributed by atoms with Gasteiger partial charge in [0.05, 0.1) is 17.6 Å². The lowest BCUT2D eigenvalue weighted by Crippen LogP contribution is -2.08. The van der Waals surface area contributed by atoms with Crippen LogP contribution in [0.4, 0.5) is 0 Å². The Labute approximate surface area is 109 Å². The molecule has 0 aliphatic heterocycles. The summed E-state index contributed by atoms with van der Waals surface area (Å²) in [6.07, 6.45) is 4.01. The average Bonchev–Trinajstić information content (AvgIpc) is 2.79. The SMILES string of the molecule is CNCCCc1cn(-c2ccccc2Br)nn1. The van der Waals surface area contributed by atoms with Crippen molar-refractivity contribution in [3.8, 4) is 5.69 Å². The van der Waals surface area contributed by atoms with Crippen LogP contribution in [0.3, 0.4) is 0 Å². The molecule has 2 rings (SSSR count). The van der Waals surface area contributed by atoms with Crippen molar-refractivity contribution in [3.05, 3.63) is 40.6 Å². The molecular weight excluding hydrogens is 280 g/mol. The van der Waals surface area contributed by atoms with Gasteiger partial charge in [-0.25, -0.2) is 4.68 Å². The van der Waals surface area contributed by atoms with E-state index in [1.807, 2.05) is 37.5 Å². The van der Waals surface area contributed by atoms with E-state index in [0.29, 0.717) is 0 Å². The standard InChI is InChI=1S/C12H15BrN4/c1-14-8-4-5-10-9-17(16-15-10)12-7-3-2-6-11(12)13/h2-3,6-7,9,14H,4-5,8H2,1H3. The van der Waals surface area contributed by atoms with Crippen LogP contribution in [0.1, 0.15) is 12.1 Å². The van der Waals surface area contributed by atoms with Gasteiger partial charge in [0.1, 0.15) is 0 Å². The van der Waals surface area contributed by atoms with Crippen LogP contribution in [-0.4, -0.2) is 28.6 Å². The van der Waals surface area contributed by atoms with Gasteiger partial charge in [0.15, 0.2) is 0 Å². The van der Waals surface area contributed by atoms with Gasteiger partial charge in [-0.3, -0.25) is 0 Å². The van der Waals surface area contributed by atoms with Crippen LogP contribution in [0.5, 0.6) is 0 Å². The molecule has 0 atom stereocenters. The second-order valence-electron chi connectivity index (χ2n) is 3.81. The summed E-state index contributed by atoms with van der Waals surface area (Å²) in [7, 11) is 1.96. The van der Waals surface area contributed by atoms with Crippen molar-refractivity contribution in [2.24, 2.45) is 0 Å². The van der Waals surface area contributed by atoms with Crippen LogP contribution in [0.25, 0.3) is 5.69 Å². The minimum absolute atomic E-state index is 0.950. The number of aromatic nitrogens is 3. The molecule has 0 spiro atoms. The minimum Gasteiger partial charge on any atom is -0.320 e. The Hall–Kier alpha value is -1.20. The van der Waals surface area contributed by atoms with E-state index in [0.717, 1.165) is 35.2 Å². The number of nitrogens with one attached hydrogen (secondary N) is 1. The number of hydrogen-bond acceptors (Lipinski definition) is 3. The second-order valence-corrected chi connectivity index (χ2v) is 4.67. The molecule has 0 saturated carbocycles. The molecular formula is C12H15BrN4. The predicted molar refractivity (Wildman–Crippen MR) is 71.3 cm³/mol. The topological polar surface area (TPSA) is 42.7 Å². The first kappa shape index (κ1) is 12.3. The second kappa shape index (κ2) is 5.93. The fourth-order valence-corrected chi connectivity index (χ4v) is 2.08. The van der Waals surface area contributed by atoms with E-state index in [2.05, 4.69) is 31.6 Å². The monoisotopic (exact) mass is 294 g/mol. The summed E-state index contributed by atoms with van der Waals surface area (Å²) < 4.78 is 2.82. The molecule has 0 aliphatic carbocycles. The third-order valence-electron chi connectivity index (χ3n) is 2.50. The number of para-hydroxylation sites is 1. The molecule has 1 aromatic heterocycles. The summed E-state index contributed by atoms with van der Waals surface area (Å²) in [5.41, 5.74) is 2.04. The number of benzene rings is 1. The fraction of sp³-hybridized carbons (Fsp3) is 0.333. The number of aryl methyl sites for hydroxylation is 1. The van der Waals surface area contributed by atoms with Gasteiger partial charge >= 0.3 is 0 Å². The summed E-state index contributed by atoms with van der Waals surface area (Å²) in [5.74, 6) is 0. The molecule has 0 aliphatic rings. The first-order chi connectivity index (χ1) is 8.31. The summed E-state index contributed by atoms with van der Waals surface area (Å²) >= 11 is 3.51. The van der Waals surface area contributed by atoms with E-state index < -0.39 is 0 Å². The molecule has 1 aromatic carbocycles. The molecule has 2 aromatic rings. The van der Waals surface area contributed by atoms with Gasteiger partial charge in [0.25, 0.3) is 0 Å². The third-order valence-corrected chi connectivity index (χ3v) is 3.17. The summed E-state index contributed by atoms with van der Waals surface area (Å²) in [4.78, 5) is 0. The molecule has 17 heavy (non-hydrogen) atoms. The van der Waals surface area contributed by atoms with Crippen LogP contribution in [0.15, 0.2) is 34.9 Å². The van der Waals surface area contributed by atoms with E-state index in [1.165, 1.54) is 0 Å². The summed E-state index contributed by atoms with van der Waals surface area (Å²) in [6.45, 7) is 1.00. The molecule has 0 unspecified atom stereocenters. The van der Waals surface area contributed by atoms with Crippen molar-refractivity contribution >= 4 is 15.9 Å². The van der Waals surface area contributed by atoms with E-state index in [1.54, 1.807) is 4.68 Å². The largest absolute Gasteiger partial charge is 0.320 e. The van der Waals surface area contributed by atoms with Crippen LogP contribution < -0.4 is 5.32 Å². The fourth-order valence-electron chi connectivity index (χ4n) is 1.61. The quantitative estimate of drug-likeness (QED) is 0.860. The van der Waals surface area contributed by atoms with Gasteiger partial charge in [-0.1, -0.05) is 17.3 Å². The molecule has 1 N–H and O–H groups in total. The van der Waals surface area contributed by atoms with Crippen molar-refractivity contribution in [1.29, 1.82) is 0 Å². The lowest BCUT2D eigenvalue weighted by atomic mass is 10.2. The van der Waals surface area contributed by atoms with Crippen LogP contribution in [-0.2, 0) is 6.42 Å². The Morgan fingerprint density at radius 1 is 1.35 bits per heavy atom. The Morgan fingerprint density at radius 2 is 2.18 bits per heavy atom. The predicted octanol–water partition coefficient (Wildman–Crippen LogP) is 2.18. The Morgan fingerprint density at radius 3 is 2.94 bits per heavy atom. The van der Waals surface area contributed by atoms with Crippen LogP contribution >= 0.6 is 15.9 Å². The van der Waals surface area contributed by atoms with Gasteiger partial charge in [-0.05, 0) is 54.5 Å². The summed E-state index contributed by atoms with van der Waals surface area (Å²) in [6, 6.07) is 7.98. The molecule has 0 amide bonds. The molecule has 90 valence electrons. The van der Waals surface area contributed by atoms with Crippen molar-refractivity contribution in [2.45, 2.75) is 12.8 Å². The van der Waals surface area contributed by atoms with Crippen LogP contribution in [0, 0.1) is 0 Å². The number of rotatable bonds is 5. The first-order valence-electron chi connectivity index (χ1n) is 5.62. The highest BCUT2D eigenvalue weighted by molar-refractivity contribution is 9.10. The van der Waals surface area contributed by atoms with Crippen molar-refractivity contribution in [1.82, 2.24) is 20.3 Å². The van der Waals surface area contributed by atoms with Gasteiger partial charge < -0.3 is 5.32 Å². The lowest BCUT2D eigenvalue weighted by Gasteiger charge is -2.01. The molecule has 0 bridgehead atoms. The van der Waals surface area contributed by atoms with Crippen molar-refractivity contribution < 1.29 is 0 Å². The number of nitrogens with zero attached hydrogens (tertiary/aromatic N) is 3. The number of hydrogen-bond donors (Lipinski definition) is 1. The highest BCUT2D eigenvalue weighted by Crippen LogP contribution is 2.19. The summed E-state index contributed by atoms with van der Waals surface area (Å²) in [5, 5.41) is 11.4. The minimum atomic E-state index is 0.950. The zero-order valence-electron chi connectivity index (χ0n) is 9.73. The maximum atomic E-state index is 4.17. The molecule has 1 heterocycles. The normalized spacial score (nSPS) is 10.7. The van der Waals surface area contributed by atoms with E-state index in [4.69, 9.17) is 0 Å². The van der Waals surface area contributed by atoms with E-state index >= 15 is 0 Å². The molecule has 4 nitrogen and oxygen atoms in total. The molecule has 0 fully saturated rings. The maximum absolute atomic E-state index is 4.17. The Balaban J connectivity index is 2.10. The van der Waals surface area contributed by atoms with Gasteiger partial charge in [0, 0.05) is 4.47 Å². The molecule has 5 heteroatoms. The lowest BCUT2D eigenvalue weighted by molar-refractivity contribution is 0.712. The van der Waals surface area contributed by atoms with Crippen LogP contribution in [0.2, 0.25) is 0 Å². The zero-order valence-corrected chi connectivity index (χ0v) is 11.3. The van der Waals surface area contributed by atoms with Gasteiger partial charge in [-0.2, -0.15) is 0 Å². The zero-order chi connectivity index (χ0) is 12.1. The molecule has 0 saturated heterocycles. The Kier molecular flexibility index (Phi) is 4.28. The Bertz CT molecular complexity index is 481. The third kappa shape index (κ3) is 3.14. The van der Waals surface area contributed by atoms with Gasteiger partial charge in [0.2, 0.25) is 0 Å². The first-order valence-corrected chi connectivity index (χ1v) is 6.41. The highest BCUT2D eigenvalue weighted by atomic mass is 79.9. The smallest absolute Gasteiger partial charge is 0.0832 e. The van der Waals surface area contributed by atoms with E-state index in [9.17, 15) is 0 Å².